The molecular weight excluding hydrogens is 152 g/mol. The molecule has 0 heterocycles. The molecule has 0 saturated heterocycles. The van der Waals surface area contributed by atoms with Gasteiger partial charge in [-0.15, -0.1) is 0 Å². The van der Waals surface area contributed by atoms with Crippen LogP contribution in [0.1, 0.15) is 20.3 Å². The van der Waals surface area contributed by atoms with Crippen molar-refractivity contribution in [1.29, 1.82) is 0 Å². The van der Waals surface area contributed by atoms with Gasteiger partial charge < -0.3 is 15.4 Å². The average Bonchev–Trinajstić information content (AvgIpc) is 2.09. The smallest absolute Gasteiger partial charge is 0.0474 e. The first-order chi connectivity index (χ1) is 5.81. The van der Waals surface area contributed by atoms with E-state index in [0.717, 1.165) is 32.7 Å². The maximum atomic E-state index is 4.95. The quantitative estimate of drug-likeness (QED) is 0.529. The lowest BCUT2D eigenvalue weighted by atomic mass is 10.3. The Morgan fingerprint density at radius 2 is 2.17 bits per heavy atom. The third-order valence-electron chi connectivity index (χ3n) is 1.72. The highest BCUT2D eigenvalue weighted by molar-refractivity contribution is 4.62. The van der Waals surface area contributed by atoms with E-state index < -0.39 is 0 Å². The van der Waals surface area contributed by atoms with Crippen molar-refractivity contribution >= 4 is 0 Å². The molecule has 1 atom stereocenters. The van der Waals surface area contributed by atoms with Crippen LogP contribution < -0.4 is 10.6 Å². The van der Waals surface area contributed by atoms with E-state index in [9.17, 15) is 0 Å². The first-order valence-corrected chi connectivity index (χ1v) is 4.74. The van der Waals surface area contributed by atoms with Gasteiger partial charge in [-0.25, -0.2) is 0 Å². The molecule has 0 rings (SSSR count). The molecule has 1 unspecified atom stereocenters. The van der Waals surface area contributed by atoms with Gasteiger partial charge in [-0.05, 0) is 26.4 Å². The molecule has 0 spiro atoms. The number of nitrogens with one attached hydrogen (secondary N) is 2. The van der Waals surface area contributed by atoms with Crippen LogP contribution in [0.25, 0.3) is 0 Å². The van der Waals surface area contributed by atoms with Crippen LogP contribution in [0.2, 0.25) is 0 Å². The van der Waals surface area contributed by atoms with E-state index in [0.29, 0.717) is 6.04 Å². The maximum absolute atomic E-state index is 4.95. The number of hydrogen-bond acceptors (Lipinski definition) is 3. The van der Waals surface area contributed by atoms with E-state index in [-0.39, 0.29) is 0 Å². The van der Waals surface area contributed by atoms with Crippen molar-refractivity contribution in [2.75, 3.05) is 33.4 Å². The van der Waals surface area contributed by atoms with E-state index in [2.05, 4.69) is 24.5 Å². The Bertz CT molecular complexity index is 88.6. The molecule has 0 fully saturated rings. The van der Waals surface area contributed by atoms with E-state index in [1.165, 1.54) is 0 Å². The SMILES string of the molecule is CCNCC(C)NCCCOC. The molecule has 0 bridgehead atoms. The molecule has 12 heavy (non-hydrogen) atoms. The first-order valence-electron chi connectivity index (χ1n) is 4.74. The molecule has 0 amide bonds. The highest BCUT2D eigenvalue weighted by Gasteiger charge is 1.97. The average molecular weight is 174 g/mol. The summed E-state index contributed by atoms with van der Waals surface area (Å²) in [7, 11) is 1.74. The summed E-state index contributed by atoms with van der Waals surface area (Å²) < 4.78 is 4.95. The third-order valence-corrected chi connectivity index (χ3v) is 1.72. The van der Waals surface area contributed by atoms with Crippen molar-refractivity contribution < 1.29 is 4.74 Å². The van der Waals surface area contributed by atoms with Crippen molar-refractivity contribution in [3.63, 3.8) is 0 Å². The Labute approximate surface area is 75.9 Å². The van der Waals surface area contributed by atoms with Gasteiger partial charge in [0, 0.05) is 26.3 Å². The summed E-state index contributed by atoms with van der Waals surface area (Å²) in [4.78, 5) is 0. The van der Waals surface area contributed by atoms with Crippen molar-refractivity contribution in [2.45, 2.75) is 26.3 Å². The molecule has 0 saturated carbocycles. The molecule has 3 nitrogen and oxygen atoms in total. The third kappa shape index (κ3) is 7.98. The molecule has 0 aromatic carbocycles. The van der Waals surface area contributed by atoms with Gasteiger partial charge in [-0.1, -0.05) is 6.92 Å². The number of hydrogen-bond donors (Lipinski definition) is 2. The number of ether oxygens (including phenoxy) is 1. The minimum Gasteiger partial charge on any atom is -0.385 e. The molecule has 0 radical (unpaired) electrons. The van der Waals surface area contributed by atoms with Gasteiger partial charge in [0.1, 0.15) is 0 Å². The zero-order valence-corrected chi connectivity index (χ0v) is 8.52. The molecule has 74 valence electrons. The van der Waals surface area contributed by atoms with E-state index in [4.69, 9.17) is 4.74 Å². The predicted octanol–water partition coefficient (Wildman–Crippen LogP) is 0.610. The summed E-state index contributed by atoms with van der Waals surface area (Å²) in [5, 5.41) is 6.70. The zero-order valence-electron chi connectivity index (χ0n) is 8.52. The fourth-order valence-electron chi connectivity index (χ4n) is 0.998. The minimum atomic E-state index is 0.557. The van der Waals surface area contributed by atoms with Crippen molar-refractivity contribution in [3.8, 4) is 0 Å². The summed E-state index contributed by atoms with van der Waals surface area (Å²) in [5.74, 6) is 0. The molecular formula is C9H22N2O. The fourth-order valence-corrected chi connectivity index (χ4v) is 0.998. The first kappa shape index (κ1) is 11.9. The topological polar surface area (TPSA) is 33.3 Å². The summed E-state index contributed by atoms with van der Waals surface area (Å²) in [5.41, 5.74) is 0. The molecule has 0 aliphatic carbocycles. The second-order valence-electron chi connectivity index (χ2n) is 3.01. The maximum Gasteiger partial charge on any atom is 0.0474 e. The van der Waals surface area contributed by atoms with Crippen LogP contribution in [0.15, 0.2) is 0 Å². The van der Waals surface area contributed by atoms with Crippen LogP contribution in [-0.2, 0) is 4.74 Å². The summed E-state index contributed by atoms with van der Waals surface area (Å²) in [6.45, 7) is 8.29. The summed E-state index contributed by atoms with van der Waals surface area (Å²) in [6, 6.07) is 0.557. The molecule has 3 heteroatoms. The van der Waals surface area contributed by atoms with E-state index in [1.807, 2.05) is 0 Å². The Morgan fingerprint density at radius 1 is 1.42 bits per heavy atom. The second kappa shape index (κ2) is 8.97. The predicted molar refractivity (Wildman–Crippen MR) is 52.5 cm³/mol. The van der Waals surface area contributed by atoms with Crippen LogP contribution in [0.3, 0.4) is 0 Å². The highest BCUT2D eigenvalue weighted by atomic mass is 16.5. The monoisotopic (exact) mass is 174 g/mol. The van der Waals surface area contributed by atoms with Crippen molar-refractivity contribution in [3.05, 3.63) is 0 Å². The van der Waals surface area contributed by atoms with Gasteiger partial charge in [0.2, 0.25) is 0 Å². The molecule has 0 aliphatic rings. The summed E-state index contributed by atoms with van der Waals surface area (Å²) >= 11 is 0. The normalized spacial score (nSPS) is 13.2. The Kier molecular flexibility index (Phi) is 8.88. The summed E-state index contributed by atoms with van der Waals surface area (Å²) in [6.07, 6.45) is 1.09. The van der Waals surface area contributed by atoms with Crippen molar-refractivity contribution in [2.24, 2.45) is 0 Å². The lowest BCUT2D eigenvalue weighted by molar-refractivity contribution is 0.193. The van der Waals surface area contributed by atoms with Crippen LogP contribution in [-0.4, -0.2) is 39.4 Å². The largest absolute Gasteiger partial charge is 0.385 e. The lowest BCUT2D eigenvalue weighted by Crippen LogP contribution is -2.36. The minimum absolute atomic E-state index is 0.557. The van der Waals surface area contributed by atoms with Crippen molar-refractivity contribution in [1.82, 2.24) is 10.6 Å². The van der Waals surface area contributed by atoms with Crippen LogP contribution in [0.5, 0.6) is 0 Å². The van der Waals surface area contributed by atoms with E-state index in [1.54, 1.807) is 7.11 Å². The number of rotatable bonds is 8. The molecule has 0 aromatic heterocycles. The lowest BCUT2D eigenvalue weighted by Gasteiger charge is -2.13. The molecule has 0 aliphatic heterocycles. The van der Waals surface area contributed by atoms with Gasteiger partial charge in [0.25, 0.3) is 0 Å². The van der Waals surface area contributed by atoms with Crippen LogP contribution in [0.4, 0.5) is 0 Å². The van der Waals surface area contributed by atoms with Gasteiger partial charge in [0.15, 0.2) is 0 Å². The standard InChI is InChI=1S/C9H22N2O/c1-4-10-8-9(2)11-6-5-7-12-3/h9-11H,4-8H2,1-3H3. The molecule has 2 N–H and O–H groups in total. The van der Waals surface area contributed by atoms with Crippen LogP contribution >= 0.6 is 0 Å². The zero-order chi connectivity index (χ0) is 9.23. The highest BCUT2D eigenvalue weighted by Crippen LogP contribution is 1.81. The van der Waals surface area contributed by atoms with Gasteiger partial charge in [-0.2, -0.15) is 0 Å². The second-order valence-corrected chi connectivity index (χ2v) is 3.01. The number of likely N-dealkylation sites (N-methyl/N-ethyl adjacent to an activating group) is 1. The van der Waals surface area contributed by atoms with Gasteiger partial charge >= 0.3 is 0 Å². The Balaban J connectivity index is 3.02. The van der Waals surface area contributed by atoms with Gasteiger partial charge in [-0.3, -0.25) is 0 Å². The Morgan fingerprint density at radius 3 is 2.75 bits per heavy atom. The molecule has 0 aromatic rings. The Hall–Kier alpha value is -0.120. The fraction of sp³-hybridized carbons (Fsp3) is 1.00. The van der Waals surface area contributed by atoms with E-state index >= 15 is 0 Å². The van der Waals surface area contributed by atoms with Gasteiger partial charge in [0.05, 0.1) is 0 Å². The van der Waals surface area contributed by atoms with Crippen LogP contribution in [0, 0.1) is 0 Å². The number of methoxy groups -OCH3 is 1.